The lowest BCUT2D eigenvalue weighted by Crippen LogP contribution is -2.54. The van der Waals surface area contributed by atoms with E-state index in [0.717, 1.165) is 6.42 Å². The van der Waals surface area contributed by atoms with E-state index in [1.54, 1.807) is 24.3 Å². The molecule has 0 bridgehead atoms. The van der Waals surface area contributed by atoms with Gasteiger partial charge in [0.05, 0.1) is 12.7 Å². The Hall–Kier alpha value is -1.93. The highest BCUT2D eigenvalue weighted by Gasteiger charge is 2.42. The maximum Gasteiger partial charge on any atom is 0.271 e. The van der Waals surface area contributed by atoms with Gasteiger partial charge in [-0.05, 0) is 18.9 Å². The van der Waals surface area contributed by atoms with Gasteiger partial charge >= 0.3 is 0 Å². The van der Waals surface area contributed by atoms with Crippen LogP contribution in [0.25, 0.3) is 0 Å². The molecule has 0 radical (unpaired) electrons. The van der Waals surface area contributed by atoms with Crippen LogP contribution < -0.4 is 5.32 Å². The molecular weight excluding hydrogens is 312 g/mol. The first-order chi connectivity index (χ1) is 11.7. The summed E-state index contributed by atoms with van der Waals surface area (Å²) in [7, 11) is 1.61. The molecule has 3 atom stereocenters. The number of amides is 2. The highest BCUT2D eigenvalue weighted by atomic mass is 16.5. The number of carbonyl (C=O) groups excluding carboxylic acids is 2. The van der Waals surface area contributed by atoms with Crippen LogP contribution in [0, 0.1) is 11.8 Å². The Morgan fingerprint density at radius 1 is 1.50 bits per heavy atom. The molecule has 2 aliphatic heterocycles. The predicted molar refractivity (Wildman–Crippen MR) is 85.3 cm³/mol. The van der Waals surface area contributed by atoms with Crippen molar-refractivity contribution in [1.29, 1.82) is 0 Å². The molecule has 8 nitrogen and oxygen atoms in total. The number of nitrogens with zero attached hydrogens (tertiary/aromatic N) is 2. The van der Waals surface area contributed by atoms with Crippen molar-refractivity contribution in [1.82, 2.24) is 20.4 Å². The number of aromatic nitrogens is 2. The SMILES string of the molecule is COCCNC(=O)[C@@H]1CCO[C@@H]2CCN(C(=O)c3ccn[nH]3)C[C@H]21. The van der Waals surface area contributed by atoms with Crippen molar-refractivity contribution in [2.75, 3.05) is 40.0 Å². The molecule has 0 saturated carbocycles. The first-order valence-electron chi connectivity index (χ1n) is 8.37. The van der Waals surface area contributed by atoms with Crippen LogP contribution in [-0.2, 0) is 14.3 Å². The topological polar surface area (TPSA) is 96.6 Å². The summed E-state index contributed by atoms with van der Waals surface area (Å²) in [6.45, 7) is 2.76. The second-order valence-corrected chi connectivity index (χ2v) is 6.26. The van der Waals surface area contributed by atoms with E-state index in [0.29, 0.717) is 45.0 Å². The minimum absolute atomic E-state index is 0.0289. The van der Waals surface area contributed by atoms with Crippen molar-refractivity contribution in [2.45, 2.75) is 18.9 Å². The van der Waals surface area contributed by atoms with Crippen LogP contribution in [0.3, 0.4) is 0 Å². The number of H-pyrrole nitrogens is 1. The van der Waals surface area contributed by atoms with E-state index in [2.05, 4.69) is 15.5 Å². The van der Waals surface area contributed by atoms with Gasteiger partial charge in [0, 0.05) is 51.4 Å². The van der Waals surface area contributed by atoms with Crippen molar-refractivity contribution >= 4 is 11.8 Å². The van der Waals surface area contributed by atoms with E-state index in [-0.39, 0.29) is 29.8 Å². The quantitative estimate of drug-likeness (QED) is 0.740. The van der Waals surface area contributed by atoms with Gasteiger partial charge in [-0.25, -0.2) is 0 Å². The van der Waals surface area contributed by atoms with Gasteiger partial charge in [-0.2, -0.15) is 5.10 Å². The van der Waals surface area contributed by atoms with Gasteiger partial charge in [-0.1, -0.05) is 0 Å². The van der Waals surface area contributed by atoms with Crippen LogP contribution in [0.15, 0.2) is 12.3 Å². The average molecular weight is 336 g/mol. The highest BCUT2D eigenvalue weighted by Crippen LogP contribution is 2.33. The molecule has 3 rings (SSSR count). The third-order valence-corrected chi connectivity index (χ3v) is 4.83. The summed E-state index contributed by atoms with van der Waals surface area (Å²) in [5, 5.41) is 9.46. The number of hydrogen-bond acceptors (Lipinski definition) is 5. The lowest BCUT2D eigenvalue weighted by atomic mass is 9.79. The molecule has 0 aromatic carbocycles. The van der Waals surface area contributed by atoms with E-state index in [1.165, 1.54) is 0 Å². The summed E-state index contributed by atoms with van der Waals surface area (Å²) < 4.78 is 10.8. The number of piperidine rings is 1. The fraction of sp³-hybridized carbons (Fsp3) is 0.688. The molecule has 2 amide bonds. The van der Waals surface area contributed by atoms with E-state index >= 15 is 0 Å². The molecule has 0 spiro atoms. The molecule has 2 fully saturated rings. The van der Waals surface area contributed by atoms with Crippen LogP contribution in [-0.4, -0.2) is 73.0 Å². The van der Waals surface area contributed by atoms with E-state index in [9.17, 15) is 9.59 Å². The van der Waals surface area contributed by atoms with Gasteiger partial charge in [0.25, 0.3) is 5.91 Å². The first-order valence-corrected chi connectivity index (χ1v) is 8.37. The smallest absolute Gasteiger partial charge is 0.271 e. The van der Waals surface area contributed by atoms with Crippen molar-refractivity contribution in [3.63, 3.8) is 0 Å². The van der Waals surface area contributed by atoms with Crippen LogP contribution in [0.1, 0.15) is 23.3 Å². The number of ether oxygens (including phenoxy) is 2. The molecule has 24 heavy (non-hydrogen) atoms. The number of methoxy groups -OCH3 is 1. The van der Waals surface area contributed by atoms with E-state index in [1.807, 2.05) is 0 Å². The number of fused-ring (bicyclic) bond motifs is 1. The van der Waals surface area contributed by atoms with Gasteiger partial charge in [0.15, 0.2) is 0 Å². The number of aromatic amines is 1. The van der Waals surface area contributed by atoms with Gasteiger partial charge in [0.1, 0.15) is 5.69 Å². The highest BCUT2D eigenvalue weighted by molar-refractivity contribution is 5.92. The molecule has 1 aromatic heterocycles. The summed E-state index contributed by atoms with van der Waals surface area (Å²) in [4.78, 5) is 26.8. The average Bonchev–Trinajstić information content (AvgIpc) is 3.15. The summed E-state index contributed by atoms with van der Waals surface area (Å²) >= 11 is 0. The zero-order chi connectivity index (χ0) is 16.9. The molecular formula is C16H24N4O4. The van der Waals surface area contributed by atoms with Crippen LogP contribution in [0.4, 0.5) is 0 Å². The maximum atomic E-state index is 12.5. The predicted octanol–water partition coefficient (Wildman–Crippen LogP) is 0.0395. The Morgan fingerprint density at radius 2 is 2.38 bits per heavy atom. The second kappa shape index (κ2) is 7.76. The van der Waals surface area contributed by atoms with Crippen LogP contribution >= 0.6 is 0 Å². The van der Waals surface area contributed by atoms with Gasteiger partial charge in [0.2, 0.25) is 5.91 Å². The van der Waals surface area contributed by atoms with E-state index < -0.39 is 0 Å². The van der Waals surface area contributed by atoms with Crippen molar-refractivity contribution in [3.8, 4) is 0 Å². The summed E-state index contributed by atoms with van der Waals surface area (Å²) in [6, 6.07) is 1.67. The summed E-state index contributed by atoms with van der Waals surface area (Å²) in [5.74, 6) is -0.142. The minimum atomic E-state index is -0.127. The van der Waals surface area contributed by atoms with Gasteiger partial charge in [-0.3, -0.25) is 14.7 Å². The molecule has 1 aromatic rings. The number of rotatable bonds is 5. The second-order valence-electron chi connectivity index (χ2n) is 6.26. The fourth-order valence-electron chi connectivity index (χ4n) is 3.58. The minimum Gasteiger partial charge on any atom is -0.383 e. The Kier molecular flexibility index (Phi) is 5.47. The van der Waals surface area contributed by atoms with Crippen molar-refractivity contribution in [2.24, 2.45) is 11.8 Å². The number of nitrogens with one attached hydrogen (secondary N) is 2. The number of hydrogen-bond donors (Lipinski definition) is 2. The first kappa shape index (κ1) is 16.9. The molecule has 132 valence electrons. The Balaban J connectivity index is 1.65. The van der Waals surface area contributed by atoms with Crippen LogP contribution in [0.2, 0.25) is 0 Å². The Labute approximate surface area is 140 Å². The number of carbonyl (C=O) groups is 2. The third-order valence-electron chi connectivity index (χ3n) is 4.83. The lowest BCUT2D eigenvalue weighted by Gasteiger charge is -2.44. The summed E-state index contributed by atoms with van der Waals surface area (Å²) in [5.41, 5.74) is 0.478. The van der Waals surface area contributed by atoms with Gasteiger partial charge < -0.3 is 19.7 Å². The van der Waals surface area contributed by atoms with Crippen LogP contribution in [0.5, 0.6) is 0 Å². The van der Waals surface area contributed by atoms with E-state index in [4.69, 9.17) is 9.47 Å². The molecule has 2 aliphatic rings. The Bertz CT molecular complexity index is 562. The zero-order valence-corrected chi connectivity index (χ0v) is 13.9. The maximum absolute atomic E-state index is 12.5. The number of likely N-dealkylation sites (tertiary alicyclic amines) is 1. The zero-order valence-electron chi connectivity index (χ0n) is 13.9. The molecule has 3 heterocycles. The normalized spacial score (nSPS) is 26.7. The lowest BCUT2D eigenvalue weighted by molar-refractivity contribution is -0.140. The largest absolute Gasteiger partial charge is 0.383 e. The monoisotopic (exact) mass is 336 g/mol. The third kappa shape index (κ3) is 3.59. The molecule has 0 unspecified atom stereocenters. The van der Waals surface area contributed by atoms with Gasteiger partial charge in [-0.15, -0.1) is 0 Å². The summed E-state index contributed by atoms with van der Waals surface area (Å²) in [6.07, 6.45) is 3.05. The molecule has 8 heteroatoms. The molecule has 2 N–H and O–H groups in total. The van der Waals surface area contributed by atoms with Crippen molar-refractivity contribution in [3.05, 3.63) is 18.0 Å². The standard InChI is InChI=1S/C16H24N4O4/c1-23-9-6-17-15(21)11-4-8-24-14-3-7-20(10-12(11)14)16(22)13-2-5-18-19-13/h2,5,11-12,14H,3-4,6-10H2,1H3,(H,17,21)(H,18,19)/t11-,12+,14-/m1/s1. The molecule has 2 saturated heterocycles. The molecule has 0 aliphatic carbocycles. The van der Waals surface area contributed by atoms with Crippen molar-refractivity contribution < 1.29 is 19.1 Å². The Morgan fingerprint density at radius 3 is 3.12 bits per heavy atom. The fourth-order valence-corrected chi connectivity index (χ4v) is 3.58.